The summed E-state index contributed by atoms with van der Waals surface area (Å²) in [6, 6.07) is 12.1. The van der Waals surface area contributed by atoms with Crippen LogP contribution in [-0.4, -0.2) is 60.1 Å². The van der Waals surface area contributed by atoms with E-state index in [4.69, 9.17) is 33.7 Å². The molecule has 0 spiro atoms. The summed E-state index contributed by atoms with van der Waals surface area (Å²) in [7, 11) is 0. The van der Waals surface area contributed by atoms with Gasteiger partial charge in [0.05, 0.1) is 22.8 Å². The van der Waals surface area contributed by atoms with E-state index < -0.39 is 5.91 Å². The van der Waals surface area contributed by atoms with E-state index in [1.807, 2.05) is 12.1 Å². The molecule has 9 nitrogen and oxygen atoms in total. The standard InChI is InChI=1S/C21H24Cl2N4O3.2H2O/c22-18-6-3-15(9-19(18)23)12-27-7-8-30-17(13-27)11-26-21(29)25-10-14-1-4-16(5-2-14)20(24)28;;/h1-6,9,17H,7-8,10-13H2,(H2,24,28)(H2,25,26,29);2*1H2/t17-;;/m0../s1. The van der Waals surface area contributed by atoms with Crippen molar-refractivity contribution in [2.75, 3.05) is 26.2 Å². The fraction of sp³-hybridized carbons (Fsp3) is 0.333. The Labute approximate surface area is 196 Å². The second-order valence-electron chi connectivity index (χ2n) is 7.10. The van der Waals surface area contributed by atoms with E-state index in [0.29, 0.717) is 41.8 Å². The van der Waals surface area contributed by atoms with Crippen molar-refractivity contribution in [3.8, 4) is 0 Å². The van der Waals surface area contributed by atoms with Crippen molar-refractivity contribution in [3.63, 3.8) is 0 Å². The van der Waals surface area contributed by atoms with Crippen molar-refractivity contribution >= 4 is 35.1 Å². The molecule has 0 radical (unpaired) electrons. The molecule has 3 amide bonds. The summed E-state index contributed by atoms with van der Waals surface area (Å²) < 4.78 is 5.76. The number of halogens is 2. The highest BCUT2D eigenvalue weighted by Gasteiger charge is 2.21. The quantitative estimate of drug-likeness (QED) is 0.535. The summed E-state index contributed by atoms with van der Waals surface area (Å²) in [5.41, 5.74) is 7.60. The van der Waals surface area contributed by atoms with Crippen LogP contribution in [0.1, 0.15) is 21.5 Å². The van der Waals surface area contributed by atoms with E-state index in [2.05, 4.69) is 15.5 Å². The third-order valence-corrected chi connectivity index (χ3v) is 5.53. The Bertz CT molecular complexity index is 898. The van der Waals surface area contributed by atoms with Crippen molar-refractivity contribution in [3.05, 3.63) is 69.2 Å². The number of nitrogens with zero attached hydrogens (tertiary/aromatic N) is 1. The lowest BCUT2D eigenvalue weighted by Gasteiger charge is -2.33. The zero-order chi connectivity index (χ0) is 21.5. The monoisotopic (exact) mass is 486 g/mol. The molecule has 1 aliphatic rings. The third kappa shape index (κ3) is 8.27. The minimum absolute atomic E-state index is 0. The van der Waals surface area contributed by atoms with Gasteiger partial charge in [-0.15, -0.1) is 0 Å². The molecule has 0 saturated carbocycles. The fourth-order valence-electron chi connectivity index (χ4n) is 3.18. The van der Waals surface area contributed by atoms with E-state index in [-0.39, 0.29) is 23.1 Å². The highest BCUT2D eigenvalue weighted by molar-refractivity contribution is 6.42. The van der Waals surface area contributed by atoms with Crippen LogP contribution < -0.4 is 16.4 Å². The summed E-state index contributed by atoms with van der Waals surface area (Å²) in [5, 5.41) is 6.71. The van der Waals surface area contributed by atoms with Crippen molar-refractivity contribution in [1.82, 2.24) is 15.5 Å². The number of morpholine rings is 1. The van der Waals surface area contributed by atoms with Crippen LogP contribution in [-0.2, 0) is 17.8 Å². The third-order valence-electron chi connectivity index (χ3n) is 4.79. The Balaban J connectivity index is 0.00000256. The van der Waals surface area contributed by atoms with Gasteiger partial charge >= 0.3 is 6.03 Å². The van der Waals surface area contributed by atoms with E-state index >= 15 is 0 Å². The lowest BCUT2D eigenvalue weighted by atomic mass is 10.1. The summed E-state index contributed by atoms with van der Waals surface area (Å²) in [4.78, 5) is 25.4. The number of primary amides is 1. The first kappa shape index (κ1) is 27.6. The van der Waals surface area contributed by atoms with Gasteiger partial charge in [0, 0.05) is 38.3 Å². The van der Waals surface area contributed by atoms with Crippen LogP contribution in [0.15, 0.2) is 42.5 Å². The number of carbonyl (C=O) groups excluding carboxylic acids is 2. The molecule has 0 unspecified atom stereocenters. The molecule has 1 atom stereocenters. The first-order valence-electron chi connectivity index (χ1n) is 9.59. The largest absolute Gasteiger partial charge is 0.412 e. The molecule has 1 fully saturated rings. The summed E-state index contributed by atoms with van der Waals surface area (Å²) in [6.07, 6.45) is -0.0953. The molecule has 0 aromatic heterocycles. The Morgan fingerprint density at radius 3 is 2.38 bits per heavy atom. The average molecular weight is 487 g/mol. The maximum atomic E-state index is 12.1. The van der Waals surface area contributed by atoms with Crippen molar-refractivity contribution in [2.45, 2.75) is 19.2 Å². The van der Waals surface area contributed by atoms with Gasteiger partial charge in [-0.05, 0) is 35.4 Å². The molecule has 3 rings (SSSR count). The van der Waals surface area contributed by atoms with Gasteiger partial charge in [-0.1, -0.05) is 41.4 Å². The molecule has 0 bridgehead atoms. The van der Waals surface area contributed by atoms with Crippen LogP contribution in [0.4, 0.5) is 4.79 Å². The van der Waals surface area contributed by atoms with Crippen LogP contribution in [0, 0.1) is 0 Å². The summed E-state index contributed by atoms with van der Waals surface area (Å²) in [5.74, 6) is -0.479. The van der Waals surface area contributed by atoms with Crippen LogP contribution >= 0.6 is 23.2 Å². The first-order valence-corrected chi connectivity index (χ1v) is 10.3. The van der Waals surface area contributed by atoms with Gasteiger partial charge in [-0.3, -0.25) is 9.69 Å². The molecule has 8 N–H and O–H groups in total. The van der Waals surface area contributed by atoms with Gasteiger partial charge in [0.15, 0.2) is 0 Å². The minimum atomic E-state index is -0.479. The molecule has 2 aromatic rings. The highest BCUT2D eigenvalue weighted by Crippen LogP contribution is 2.23. The van der Waals surface area contributed by atoms with Gasteiger partial charge < -0.3 is 32.1 Å². The number of hydrogen-bond acceptors (Lipinski definition) is 4. The SMILES string of the molecule is NC(=O)c1ccc(CNC(=O)NC[C@H]2CN(Cc3ccc(Cl)c(Cl)c3)CCO2)cc1.O.O. The molecule has 2 aromatic carbocycles. The van der Waals surface area contributed by atoms with Crippen LogP contribution in [0.2, 0.25) is 10.0 Å². The lowest BCUT2D eigenvalue weighted by Crippen LogP contribution is -2.48. The molecule has 0 aliphatic carbocycles. The van der Waals surface area contributed by atoms with E-state index in [1.165, 1.54) is 0 Å². The average Bonchev–Trinajstić information content (AvgIpc) is 2.74. The van der Waals surface area contributed by atoms with E-state index in [1.54, 1.807) is 30.3 Å². The number of hydrogen-bond donors (Lipinski definition) is 3. The predicted molar refractivity (Wildman–Crippen MR) is 124 cm³/mol. The van der Waals surface area contributed by atoms with Gasteiger partial charge in [0.2, 0.25) is 5.91 Å². The van der Waals surface area contributed by atoms with Crippen LogP contribution in [0.25, 0.3) is 0 Å². The predicted octanol–water partition coefficient (Wildman–Crippen LogP) is 1.14. The number of urea groups is 1. The van der Waals surface area contributed by atoms with E-state index in [9.17, 15) is 9.59 Å². The van der Waals surface area contributed by atoms with Gasteiger partial charge in [-0.2, -0.15) is 0 Å². The number of carbonyl (C=O) groups is 2. The molecule has 1 aliphatic heterocycles. The zero-order valence-corrected chi connectivity index (χ0v) is 18.9. The molecule has 11 heteroatoms. The topological polar surface area (TPSA) is 160 Å². The normalized spacial score (nSPS) is 15.8. The number of ether oxygens (including phenoxy) is 1. The lowest BCUT2D eigenvalue weighted by molar-refractivity contribution is -0.0287. The second kappa shape index (κ2) is 13.2. The van der Waals surface area contributed by atoms with Gasteiger partial charge in [-0.25, -0.2) is 4.79 Å². The molecule has 176 valence electrons. The maximum Gasteiger partial charge on any atom is 0.315 e. The fourth-order valence-corrected chi connectivity index (χ4v) is 3.50. The number of benzene rings is 2. The number of rotatable bonds is 7. The molecule has 1 saturated heterocycles. The Morgan fingerprint density at radius 1 is 1.03 bits per heavy atom. The van der Waals surface area contributed by atoms with Crippen LogP contribution in [0.5, 0.6) is 0 Å². The van der Waals surface area contributed by atoms with E-state index in [0.717, 1.165) is 24.2 Å². The highest BCUT2D eigenvalue weighted by atomic mass is 35.5. The second-order valence-corrected chi connectivity index (χ2v) is 7.92. The molecule has 32 heavy (non-hydrogen) atoms. The maximum absolute atomic E-state index is 12.1. The Morgan fingerprint density at radius 2 is 1.72 bits per heavy atom. The van der Waals surface area contributed by atoms with Gasteiger partial charge in [0.1, 0.15) is 0 Å². The zero-order valence-electron chi connectivity index (χ0n) is 17.4. The van der Waals surface area contributed by atoms with Crippen molar-refractivity contribution in [1.29, 1.82) is 0 Å². The number of amides is 3. The smallest absolute Gasteiger partial charge is 0.315 e. The minimum Gasteiger partial charge on any atom is -0.412 e. The number of nitrogens with two attached hydrogens (primary N) is 1. The summed E-state index contributed by atoms with van der Waals surface area (Å²) >= 11 is 12.1. The van der Waals surface area contributed by atoms with Gasteiger partial charge in [0.25, 0.3) is 0 Å². The Hall–Kier alpha value is -2.40. The van der Waals surface area contributed by atoms with Crippen molar-refractivity contribution in [2.24, 2.45) is 5.73 Å². The summed E-state index contributed by atoms with van der Waals surface area (Å²) in [6.45, 7) is 3.61. The molecular weight excluding hydrogens is 459 g/mol. The Kier molecular flexibility index (Phi) is 11.4. The molecule has 1 heterocycles. The van der Waals surface area contributed by atoms with Crippen molar-refractivity contribution < 1.29 is 25.3 Å². The first-order chi connectivity index (χ1) is 14.4. The molecular formula is C21H28Cl2N4O5. The van der Waals surface area contributed by atoms with Crippen LogP contribution in [0.3, 0.4) is 0 Å². The number of nitrogens with one attached hydrogen (secondary N) is 2.